The second kappa shape index (κ2) is 11.9. The van der Waals surface area contributed by atoms with E-state index < -0.39 is 27.1 Å². The SMILES string of the molecule is CC(F)CNCc1ccc(-c2nnc(-c3nc(-c4ccc(S(=O)(=O)C(C)CCO)cc4)cnc3N)o2)c(F)c1. The van der Waals surface area contributed by atoms with E-state index in [-0.39, 0.29) is 53.3 Å². The average molecular weight is 559 g/mol. The van der Waals surface area contributed by atoms with Crippen LogP contribution in [0, 0.1) is 5.82 Å². The van der Waals surface area contributed by atoms with Crippen LogP contribution in [0.4, 0.5) is 14.6 Å². The number of nitrogens with two attached hydrogens (primary N) is 1. The molecule has 0 bridgehead atoms. The van der Waals surface area contributed by atoms with E-state index in [1.165, 1.54) is 37.4 Å². The molecule has 4 rings (SSSR count). The van der Waals surface area contributed by atoms with Crippen molar-refractivity contribution >= 4 is 15.7 Å². The number of benzene rings is 2. The van der Waals surface area contributed by atoms with Crippen molar-refractivity contribution in [1.82, 2.24) is 25.5 Å². The molecule has 4 N–H and O–H groups in total. The van der Waals surface area contributed by atoms with Crippen LogP contribution in [0.5, 0.6) is 0 Å². The lowest BCUT2D eigenvalue weighted by atomic mass is 10.1. The second-order valence-corrected chi connectivity index (χ2v) is 11.4. The third-order valence-electron chi connectivity index (χ3n) is 5.99. The van der Waals surface area contributed by atoms with Crippen LogP contribution in [-0.2, 0) is 16.4 Å². The zero-order chi connectivity index (χ0) is 28.2. The van der Waals surface area contributed by atoms with Gasteiger partial charge in [0.1, 0.15) is 12.0 Å². The molecule has 0 saturated carbocycles. The number of sulfone groups is 1. The number of aliphatic hydroxyl groups is 1. The van der Waals surface area contributed by atoms with Gasteiger partial charge in [0, 0.05) is 25.3 Å². The number of anilines is 1. The summed E-state index contributed by atoms with van der Waals surface area (Å²) >= 11 is 0. The van der Waals surface area contributed by atoms with E-state index in [0.717, 1.165) is 0 Å². The molecule has 0 saturated heterocycles. The lowest BCUT2D eigenvalue weighted by Gasteiger charge is -2.12. The van der Waals surface area contributed by atoms with Crippen molar-refractivity contribution in [2.45, 2.75) is 43.1 Å². The topological polar surface area (TPSA) is 157 Å². The highest BCUT2D eigenvalue weighted by molar-refractivity contribution is 7.92. The molecular weight excluding hydrogens is 530 g/mol. The Kier molecular flexibility index (Phi) is 8.63. The molecule has 0 aliphatic heterocycles. The summed E-state index contributed by atoms with van der Waals surface area (Å²) in [5.41, 5.74) is 7.72. The summed E-state index contributed by atoms with van der Waals surface area (Å²) in [6, 6.07) is 10.6. The van der Waals surface area contributed by atoms with Crippen molar-refractivity contribution in [3.05, 3.63) is 60.0 Å². The number of hydrogen-bond acceptors (Lipinski definition) is 10. The fourth-order valence-electron chi connectivity index (χ4n) is 3.76. The molecule has 0 fully saturated rings. The molecule has 2 atom stereocenters. The fraction of sp³-hybridized carbons (Fsp3) is 0.308. The maximum Gasteiger partial charge on any atom is 0.270 e. The minimum atomic E-state index is -3.59. The number of aromatic nitrogens is 4. The molecule has 39 heavy (non-hydrogen) atoms. The molecular formula is C26H28F2N6O4S. The van der Waals surface area contributed by atoms with E-state index in [1.807, 2.05) is 0 Å². The van der Waals surface area contributed by atoms with Gasteiger partial charge in [-0.15, -0.1) is 10.2 Å². The van der Waals surface area contributed by atoms with Crippen LogP contribution in [0.3, 0.4) is 0 Å². The van der Waals surface area contributed by atoms with Crippen LogP contribution < -0.4 is 11.1 Å². The maximum absolute atomic E-state index is 14.8. The van der Waals surface area contributed by atoms with Gasteiger partial charge in [0.05, 0.1) is 27.6 Å². The quantitative estimate of drug-likeness (QED) is 0.249. The van der Waals surface area contributed by atoms with Crippen molar-refractivity contribution < 1.29 is 26.7 Å². The zero-order valence-electron chi connectivity index (χ0n) is 21.3. The van der Waals surface area contributed by atoms with Gasteiger partial charge < -0.3 is 20.6 Å². The van der Waals surface area contributed by atoms with Crippen LogP contribution in [0.15, 0.2) is 58.0 Å². The van der Waals surface area contributed by atoms with Crippen molar-refractivity contribution in [2.24, 2.45) is 0 Å². The van der Waals surface area contributed by atoms with E-state index in [1.54, 1.807) is 25.1 Å². The minimum absolute atomic E-state index is 0.00922. The van der Waals surface area contributed by atoms with Crippen molar-refractivity contribution in [3.8, 4) is 34.3 Å². The third kappa shape index (κ3) is 6.44. The van der Waals surface area contributed by atoms with Gasteiger partial charge in [0.25, 0.3) is 11.8 Å². The standard InChI is InChI=1S/C26H28F2N6O4S/c1-15(27)12-30-13-17-3-8-20(21(28)11-17)25-33-34-26(38-25)23-24(29)31-14-22(32-23)18-4-6-19(7-5-18)39(36,37)16(2)9-10-35/h3-8,11,14-16,30,35H,9-10,12-13H2,1-2H3,(H2,29,31). The van der Waals surface area contributed by atoms with Gasteiger partial charge in [-0.3, -0.25) is 0 Å². The van der Waals surface area contributed by atoms with E-state index in [2.05, 4.69) is 25.5 Å². The molecule has 0 radical (unpaired) electrons. The van der Waals surface area contributed by atoms with Crippen LogP contribution in [0.1, 0.15) is 25.8 Å². The summed E-state index contributed by atoms with van der Waals surface area (Å²) in [4.78, 5) is 8.73. The van der Waals surface area contributed by atoms with Crippen molar-refractivity contribution in [3.63, 3.8) is 0 Å². The van der Waals surface area contributed by atoms with Gasteiger partial charge in [-0.2, -0.15) is 0 Å². The van der Waals surface area contributed by atoms with Crippen LogP contribution >= 0.6 is 0 Å². The van der Waals surface area contributed by atoms with E-state index in [9.17, 15) is 17.2 Å². The highest BCUT2D eigenvalue weighted by Crippen LogP contribution is 2.30. The first-order valence-electron chi connectivity index (χ1n) is 12.1. The number of aliphatic hydroxyl groups excluding tert-OH is 1. The molecule has 0 spiro atoms. The van der Waals surface area contributed by atoms with Crippen molar-refractivity contribution in [2.75, 3.05) is 18.9 Å². The first-order chi connectivity index (χ1) is 18.6. The largest absolute Gasteiger partial charge is 0.414 e. The Labute approximate surface area is 224 Å². The Balaban J connectivity index is 1.56. The molecule has 4 aromatic rings. The van der Waals surface area contributed by atoms with E-state index in [4.69, 9.17) is 15.3 Å². The Morgan fingerprint density at radius 1 is 1.10 bits per heavy atom. The Hall–Kier alpha value is -3.81. The van der Waals surface area contributed by atoms with Crippen LogP contribution in [0.2, 0.25) is 0 Å². The first kappa shape index (κ1) is 28.2. The van der Waals surface area contributed by atoms with Gasteiger partial charge in [0.15, 0.2) is 21.3 Å². The van der Waals surface area contributed by atoms with Gasteiger partial charge in [-0.05, 0) is 50.1 Å². The monoisotopic (exact) mass is 558 g/mol. The second-order valence-electron chi connectivity index (χ2n) is 9.02. The predicted molar refractivity (Wildman–Crippen MR) is 141 cm³/mol. The lowest BCUT2D eigenvalue weighted by Crippen LogP contribution is -2.21. The number of nitrogens with zero attached hydrogens (tertiary/aromatic N) is 4. The highest BCUT2D eigenvalue weighted by atomic mass is 32.2. The normalized spacial score (nSPS) is 13.4. The third-order valence-corrected chi connectivity index (χ3v) is 8.22. The van der Waals surface area contributed by atoms with Crippen LogP contribution in [-0.4, -0.2) is 58.3 Å². The fourth-order valence-corrected chi connectivity index (χ4v) is 5.16. The molecule has 2 aromatic heterocycles. The Bertz CT molecular complexity index is 1540. The van der Waals surface area contributed by atoms with E-state index in [0.29, 0.717) is 23.4 Å². The van der Waals surface area contributed by atoms with E-state index >= 15 is 0 Å². The Morgan fingerprint density at radius 2 is 1.82 bits per heavy atom. The smallest absolute Gasteiger partial charge is 0.270 e. The number of nitrogen functional groups attached to an aromatic ring is 1. The molecule has 10 nitrogen and oxygen atoms in total. The Morgan fingerprint density at radius 3 is 2.49 bits per heavy atom. The summed E-state index contributed by atoms with van der Waals surface area (Å²) in [6.45, 7) is 3.21. The number of nitrogens with one attached hydrogen (secondary N) is 1. The molecule has 13 heteroatoms. The highest BCUT2D eigenvalue weighted by Gasteiger charge is 2.23. The maximum atomic E-state index is 14.8. The van der Waals surface area contributed by atoms with Gasteiger partial charge in [-0.1, -0.05) is 18.2 Å². The summed E-state index contributed by atoms with van der Waals surface area (Å²) in [6.07, 6.45) is 0.541. The number of halogens is 2. The minimum Gasteiger partial charge on any atom is -0.414 e. The lowest BCUT2D eigenvalue weighted by molar-refractivity contribution is 0.287. The van der Waals surface area contributed by atoms with Crippen molar-refractivity contribution in [1.29, 1.82) is 0 Å². The molecule has 0 aliphatic rings. The summed E-state index contributed by atoms with van der Waals surface area (Å²) in [5.74, 6) is -0.739. The van der Waals surface area contributed by atoms with Gasteiger partial charge in [-0.25, -0.2) is 27.2 Å². The molecule has 2 heterocycles. The average Bonchev–Trinajstić information content (AvgIpc) is 3.39. The summed E-state index contributed by atoms with van der Waals surface area (Å²) in [7, 11) is -3.59. The molecule has 0 aliphatic carbocycles. The summed E-state index contributed by atoms with van der Waals surface area (Å²) in [5, 5.41) is 19.1. The number of alkyl halides is 1. The number of rotatable bonds is 11. The van der Waals surface area contributed by atoms with Gasteiger partial charge >= 0.3 is 0 Å². The molecule has 2 aromatic carbocycles. The molecule has 0 amide bonds. The number of hydrogen-bond donors (Lipinski definition) is 3. The predicted octanol–water partition coefficient (Wildman–Crippen LogP) is 3.57. The van der Waals surface area contributed by atoms with Gasteiger partial charge in [0.2, 0.25) is 0 Å². The molecule has 2 unspecified atom stereocenters. The summed E-state index contributed by atoms with van der Waals surface area (Å²) < 4.78 is 58.7. The zero-order valence-corrected chi connectivity index (χ0v) is 22.1. The molecule has 206 valence electrons. The first-order valence-corrected chi connectivity index (χ1v) is 13.7. The van der Waals surface area contributed by atoms with Crippen LogP contribution in [0.25, 0.3) is 34.3 Å².